The molecule has 2 heteroatoms. The zero-order chi connectivity index (χ0) is 9.68. The van der Waals surface area contributed by atoms with Crippen molar-refractivity contribution in [1.82, 2.24) is 0 Å². The number of ether oxygens (including phenoxy) is 1. The zero-order valence-electron chi connectivity index (χ0n) is 7.72. The van der Waals surface area contributed by atoms with Gasteiger partial charge in [0.25, 0.3) is 0 Å². The minimum atomic E-state index is 0.543. The smallest absolute Gasteiger partial charge is 0.122 e. The standard InChI is InChI=1S/C11H13ClO/c1-3-6-13-11-5-4-10(8-12)7-9(11)2/h3-5,7H,1,6,8H2,2H3. The lowest BCUT2D eigenvalue weighted by Gasteiger charge is -2.07. The maximum absolute atomic E-state index is 5.70. The average Bonchev–Trinajstić information content (AvgIpc) is 2.16. The summed E-state index contributed by atoms with van der Waals surface area (Å²) in [5, 5.41) is 0. The van der Waals surface area contributed by atoms with Crippen LogP contribution in [0.4, 0.5) is 0 Å². The molecule has 70 valence electrons. The Balaban J connectivity index is 2.78. The Hall–Kier alpha value is -0.950. The molecule has 0 atom stereocenters. The van der Waals surface area contributed by atoms with E-state index in [4.69, 9.17) is 16.3 Å². The lowest BCUT2D eigenvalue weighted by molar-refractivity contribution is 0.360. The third kappa shape index (κ3) is 2.78. The van der Waals surface area contributed by atoms with E-state index in [1.807, 2.05) is 25.1 Å². The number of halogens is 1. The first-order valence-corrected chi connectivity index (χ1v) is 4.70. The zero-order valence-corrected chi connectivity index (χ0v) is 8.47. The van der Waals surface area contributed by atoms with Crippen LogP contribution in [-0.4, -0.2) is 6.61 Å². The van der Waals surface area contributed by atoms with Crippen LogP contribution in [0.3, 0.4) is 0 Å². The molecule has 0 radical (unpaired) electrons. The van der Waals surface area contributed by atoms with E-state index in [0.717, 1.165) is 16.9 Å². The van der Waals surface area contributed by atoms with Gasteiger partial charge in [0.15, 0.2) is 0 Å². The summed E-state index contributed by atoms with van der Waals surface area (Å²) in [5.74, 6) is 1.44. The second-order valence-electron chi connectivity index (χ2n) is 2.83. The molecule has 0 heterocycles. The second-order valence-corrected chi connectivity index (χ2v) is 3.10. The highest BCUT2D eigenvalue weighted by Gasteiger charge is 1.99. The Kier molecular flexibility index (Phi) is 3.84. The molecule has 0 bridgehead atoms. The minimum Gasteiger partial charge on any atom is -0.489 e. The van der Waals surface area contributed by atoms with Gasteiger partial charge >= 0.3 is 0 Å². The fourth-order valence-corrected chi connectivity index (χ4v) is 1.27. The molecule has 0 aromatic heterocycles. The second kappa shape index (κ2) is 4.93. The summed E-state index contributed by atoms with van der Waals surface area (Å²) >= 11 is 5.70. The summed E-state index contributed by atoms with van der Waals surface area (Å²) in [5.41, 5.74) is 2.23. The Bertz CT molecular complexity index is 294. The fraction of sp³-hybridized carbons (Fsp3) is 0.273. The quantitative estimate of drug-likeness (QED) is 0.531. The van der Waals surface area contributed by atoms with E-state index in [1.54, 1.807) is 6.08 Å². The summed E-state index contributed by atoms with van der Waals surface area (Å²) in [4.78, 5) is 0. The number of hydrogen-bond donors (Lipinski definition) is 0. The monoisotopic (exact) mass is 196 g/mol. The van der Waals surface area contributed by atoms with Crippen LogP contribution in [0.5, 0.6) is 5.75 Å². The minimum absolute atomic E-state index is 0.543. The van der Waals surface area contributed by atoms with E-state index in [-0.39, 0.29) is 0 Å². The van der Waals surface area contributed by atoms with E-state index in [1.165, 1.54) is 0 Å². The molecule has 1 rings (SSSR count). The van der Waals surface area contributed by atoms with E-state index < -0.39 is 0 Å². The predicted octanol–water partition coefficient (Wildman–Crippen LogP) is 3.30. The van der Waals surface area contributed by atoms with Crippen LogP contribution in [0, 0.1) is 6.92 Å². The van der Waals surface area contributed by atoms with Gasteiger partial charge in [-0.05, 0) is 24.1 Å². The Morgan fingerprint density at radius 1 is 1.54 bits per heavy atom. The average molecular weight is 197 g/mol. The molecular weight excluding hydrogens is 184 g/mol. The summed E-state index contributed by atoms with van der Waals surface area (Å²) in [7, 11) is 0. The van der Waals surface area contributed by atoms with Crippen molar-refractivity contribution in [2.45, 2.75) is 12.8 Å². The molecule has 0 fully saturated rings. The first-order chi connectivity index (χ1) is 6.27. The van der Waals surface area contributed by atoms with Crippen LogP contribution < -0.4 is 4.74 Å². The molecule has 0 N–H and O–H groups in total. The molecule has 0 amide bonds. The van der Waals surface area contributed by atoms with Gasteiger partial charge in [-0.1, -0.05) is 24.8 Å². The highest BCUT2D eigenvalue weighted by atomic mass is 35.5. The van der Waals surface area contributed by atoms with Crippen molar-refractivity contribution >= 4 is 11.6 Å². The van der Waals surface area contributed by atoms with Crippen LogP contribution in [0.2, 0.25) is 0 Å². The first-order valence-electron chi connectivity index (χ1n) is 4.17. The van der Waals surface area contributed by atoms with Crippen LogP contribution in [0.1, 0.15) is 11.1 Å². The molecular formula is C11H13ClO. The van der Waals surface area contributed by atoms with Crippen LogP contribution in [0.25, 0.3) is 0 Å². The molecule has 0 saturated carbocycles. The van der Waals surface area contributed by atoms with Gasteiger partial charge in [0.05, 0.1) is 0 Å². The molecule has 1 nitrogen and oxygen atoms in total. The van der Waals surface area contributed by atoms with Crippen molar-refractivity contribution in [1.29, 1.82) is 0 Å². The molecule has 0 aliphatic carbocycles. The first kappa shape index (κ1) is 10.1. The molecule has 0 unspecified atom stereocenters. The van der Waals surface area contributed by atoms with E-state index in [0.29, 0.717) is 12.5 Å². The third-order valence-corrected chi connectivity index (χ3v) is 2.06. The van der Waals surface area contributed by atoms with Gasteiger partial charge in [0, 0.05) is 5.88 Å². The number of aryl methyl sites for hydroxylation is 1. The SMILES string of the molecule is C=CCOc1ccc(CCl)cc1C. The predicted molar refractivity (Wildman–Crippen MR) is 56.4 cm³/mol. The van der Waals surface area contributed by atoms with Gasteiger partial charge in [-0.25, -0.2) is 0 Å². The summed E-state index contributed by atoms with van der Waals surface area (Å²) in [6.45, 7) is 6.14. The maximum Gasteiger partial charge on any atom is 0.122 e. The van der Waals surface area contributed by atoms with Crippen molar-refractivity contribution in [2.75, 3.05) is 6.61 Å². The summed E-state index contributed by atoms with van der Waals surface area (Å²) in [6, 6.07) is 5.94. The van der Waals surface area contributed by atoms with Crippen molar-refractivity contribution in [3.05, 3.63) is 42.0 Å². The molecule has 1 aromatic carbocycles. The normalized spacial score (nSPS) is 9.69. The van der Waals surface area contributed by atoms with Gasteiger partial charge in [0.2, 0.25) is 0 Å². The lowest BCUT2D eigenvalue weighted by Crippen LogP contribution is -1.95. The Morgan fingerprint density at radius 2 is 2.31 bits per heavy atom. The van der Waals surface area contributed by atoms with E-state index >= 15 is 0 Å². The van der Waals surface area contributed by atoms with Crippen LogP contribution in [0.15, 0.2) is 30.9 Å². The molecule has 0 spiro atoms. The highest BCUT2D eigenvalue weighted by molar-refractivity contribution is 6.17. The van der Waals surface area contributed by atoms with Gasteiger partial charge < -0.3 is 4.74 Å². The molecule has 0 aliphatic heterocycles. The number of alkyl halides is 1. The van der Waals surface area contributed by atoms with Gasteiger partial charge in [-0.15, -0.1) is 11.6 Å². The molecule has 13 heavy (non-hydrogen) atoms. The van der Waals surface area contributed by atoms with Gasteiger partial charge in [-0.2, -0.15) is 0 Å². The summed E-state index contributed by atoms with van der Waals surface area (Å²) in [6.07, 6.45) is 1.73. The van der Waals surface area contributed by atoms with Crippen molar-refractivity contribution < 1.29 is 4.74 Å². The Labute approximate surface area is 84.0 Å². The summed E-state index contributed by atoms with van der Waals surface area (Å²) < 4.78 is 5.42. The fourth-order valence-electron chi connectivity index (χ4n) is 1.11. The van der Waals surface area contributed by atoms with Crippen LogP contribution >= 0.6 is 11.6 Å². The number of rotatable bonds is 4. The van der Waals surface area contributed by atoms with Crippen molar-refractivity contribution in [2.24, 2.45) is 0 Å². The van der Waals surface area contributed by atoms with E-state index in [2.05, 4.69) is 6.58 Å². The van der Waals surface area contributed by atoms with Crippen LogP contribution in [-0.2, 0) is 5.88 Å². The van der Waals surface area contributed by atoms with Crippen molar-refractivity contribution in [3.63, 3.8) is 0 Å². The largest absolute Gasteiger partial charge is 0.489 e. The topological polar surface area (TPSA) is 9.23 Å². The molecule has 0 saturated heterocycles. The van der Waals surface area contributed by atoms with Crippen molar-refractivity contribution in [3.8, 4) is 5.75 Å². The number of hydrogen-bond acceptors (Lipinski definition) is 1. The van der Waals surface area contributed by atoms with Gasteiger partial charge in [0.1, 0.15) is 12.4 Å². The molecule has 0 aliphatic rings. The highest BCUT2D eigenvalue weighted by Crippen LogP contribution is 2.19. The molecule has 1 aromatic rings. The van der Waals surface area contributed by atoms with E-state index in [9.17, 15) is 0 Å². The third-order valence-electron chi connectivity index (χ3n) is 1.75. The van der Waals surface area contributed by atoms with Gasteiger partial charge in [-0.3, -0.25) is 0 Å². The Morgan fingerprint density at radius 3 is 2.85 bits per heavy atom. The maximum atomic E-state index is 5.70. The lowest BCUT2D eigenvalue weighted by atomic mass is 10.1. The number of benzene rings is 1.